The third-order valence-corrected chi connectivity index (χ3v) is 3.70. The second-order valence-corrected chi connectivity index (χ2v) is 5.23. The molecule has 1 aliphatic rings. The quantitative estimate of drug-likeness (QED) is 0.718. The summed E-state index contributed by atoms with van der Waals surface area (Å²) in [7, 11) is 0. The zero-order chi connectivity index (χ0) is 16.3. The maximum Gasteiger partial charge on any atom is 0.405 e. The Labute approximate surface area is 125 Å². The molecule has 2 atom stereocenters. The van der Waals surface area contributed by atoms with Crippen LogP contribution in [0.25, 0.3) is 0 Å². The van der Waals surface area contributed by atoms with Gasteiger partial charge in [-0.15, -0.1) is 0 Å². The summed E-state index contributed by atoms with van der Waals surface area (Å²) in [5, 5.41) is 11.8. The van der Waals surface area contributed by atoms with Gasteiger partial charge in [-0.05, 0) is 17.7 Å². The molecule has 0 aliphatic carbocycles. The van der Waals surface area contributed by atoms with Crippen molar-refractivity contribution in [3.05, 3.63) is 29.8 Å². The van der Waals surface area contributed by atoms with E-state index in [4.69, 9.17) is 5.73 Å². The number of hydrogen-bond acceptors (Lipinski definition) is 4. The molecule has 1 aromatic rings. The Bertz CT molecular complexity index is 519. The highest BCUT2D eigenvalue weighted by atomic mass is 19.4. The van der Waals surface area contributed by atoms with Gasteiger partial charge >= 0.3 is 6.18 Å². The summed E-state index contributed by atoms with van der Waals surface area (Å²) in [6.07, 6.45) is -4.41. The minimum atomic E-state index is -4.41. The fraction of sp³-hybridized carbons (Fsp3) is 0.500. The van der Waals surface area contributed by atoms with Gasteiger partial charge in [0.25, 0.3) is 0 Å². The van der Waals surface area contributed by atoms with Crippen molar-refractivity contribution in [3.8, 4) is 0 Å². The zero-order valence-corrected chi connectivity index (χ0v) is 11.8. The predicted octanol–water partition coefficient (Wildman–Crippen LogP) is 0.707. The number of halogens is 3. The van der Waals surface area contributed by atoms with Crippen LogP contribution in [-0.4, -0.2) is 54.4 Å². The summed E-state index contributed by atoms with van der Waals surface area (Å²) in [5.41, 5.74) is 6.60. The highest BCUT2D eigenvalue weighted by molar-refractivity contribution is 5.84. The number of nitrogens with zero attached hydrogens (tertiary/aromatic N) is 1. The summed E-state index contributed by atoms with van der Waals surface area (Å²) in [6.45, 7) is -0.677. The number of nitrogen functional groups attached to an aromatic ring is 1. The average Bonchev–Trinajstić information content (AvgIpc) is 2.49. The van der Waals surface area contributed by atoms with Crippen molar-refractivity contribution in [1.82, 2.24) is 10.2 Å². The van der Waals surface area contributed by atoms with Gasteiger partial charge in [0, 0.05) is 25.3 Å². The Morgan fingerprint density at radius 3 is 2.59 bits per heavy atom. The normalized spacial score (nSPS) is 20.7. The molecule has 0 saturated carbocycles. The third-order valence-electron chi connectivity index (χ3n) is 3.70. The van der Waals surface area contributed by atoms with Crippen LogP contribution in [0.1, 0.15) is 11.5 Å². The summed E-state index contributed by atoms with van der Waals surface area (Å²) >= 11 is 0. The molecule has 8 heteroatoms. The monoisotopic (exact) mass is 317 g/mol. The van der Waals surface area contributed by atoms with Crippen molar-refractivity contribution >= 4 is 11.6 Å². The molecule has 1 heterocycles. The highest BCUT2D eigenvalue weighted by Crippen LogP contribution is 2.25. The Kier molecular flexibility index (Phi) is 4.92. The number of aliphatic hydroxyl groups is 1. The molecule has 1 aromatic carbocycles. The molecule has 5 nitrogen and oxygen atoms in total. The van der Waals surface area contributed by atoms with Gasteiger partial charge in [0.1, 0.15) is 6.04 Å². The topological polar surface area (TPSA) is 78.6 Å². The Balaban J connectivity index is 2.12. The number of alkyl halides is 3. The van der Waals surface area contributed by atoms with Crippen molar-refractivity contribution in [2.45, 2.75) is 18.1 Å². The van der Waals surface area contributed by atoms with Crippen molar-refractivity contribution in [1.29, 1.82) is 0 Å². The summed E-state index contributed by atoms with van der Waals surface area (Å²) in [4.78, 5) is 13.6. The smallest absolute Gasteiger partial charge is 0.399 e. The van der Waals surface area contributed by atoms with Gasteiger partial charge in [-0.1, -0.05) is 12.1 Å². The maximum absolute atomic E-state index is 12.8. The van der Waals surface area contributed by atoms with Crippen LogP contribution in [0.15, 0.2) is 24.3 Å². The lowest BCUT2D eigenvalue weighted by Gasteiger charge is -2.36. The second-order valence-electron chi connectivity index (χ2n) is 5.23. The van der Waals surface area contributed by atoms with E-state index in [0.29, 0.717) is 11.3 Å². The molecule has 0 radical (unpaired) electrons. The number of carbonyl (C=O) groups is 1. The molecule has 1 fully saturated rings. The number of amides is 1. The molecule has 122 valence electrons. The van der Waals surface area contributed by atoms with E-state index in [9.17, 15) is 23.1 Å². The second kappa shape index (κ2) is 6.53. The number of benzene rings is 1. The fourth-order valence-corrected chi connectivity index (χ4v) is 2.44. The van der Waals surface area contributed by atoms with Crippen LogP contribution < -0.4 is 11.1 Å². The molecule has 0 aromatic heterocycles. The summed E-state index contributed by atoms with van der Waals surface area (Å²) in [5.74, 6) is -1.39. The van der Waals surface area contributed by atoms with Crippen LogP contribution in [0.5, 0.6) is 0 Å². The van der Waals surface area contributed by atoms with Crippen molar-refractivity contribution in [3.63, 3.8) is 0 Å². The van der Waals surface area contributed by atoms with E-state index in [1.54, 1.807) is 24.3 Å². The molecule has 22 heavy (non-hydrogen) atoms. The number of hydrogen-bond donors (Lipinski definition) is 3. The molecule has 1 aliphatic heterocycles. The van der Waals surface area contributed by atoms with Crippen LogP contribution in [0, 0.1) is 0 Å². The van der Waals surface area contributed by atoms with E-state index >= 15 is 0 Å². The van der Waals surface area contributed by atoms with E-state index in [1.165, 1.54) is 0 Å². The van der Waals surface area contributed by atoms with E-state index in [0.717, 1.165) is 4.90 Å². The first kappa shape index (κ1) is 16.6. The standard InChI is InChI=1S/C14H18F3N3O2/c15-14(16,17)12-7-20(6-5-19-12)13(22)11(8-21)9-1-3-10(18)4-2-9/h1-4,11-12,19,21H,5-8,18H2. The first-order chi connectivity index (χ1) is 10.3. The van der Waals surface area contributed by atoms with E-state index < -0.39 is 37.2 Å². The number of aliphatic hydroxyl groups excluding tert-OH is 1. The van der Waals surface area contributed by atoms with E-state index in [-0.39, 0.29) is 13.1 Å². The van der Waals surface area contributed by atoms with Gasteiger partial charge in [0.2, 0.25) is 5.91 Å². The molecule has 0 bridgehead atoms. The van der Waals surface area contributed by atoms with Gasteiger partial charge in [-0.25, -0.2) is 0 Å². The summed E-state index contributed by atoms with van der Waals surface area (Å²) < 4.78 is 38.3. The molecule has 2 unspecified atom stereocenters. The van der Waals surface area contributed by atoms with Gasteiger partial charge in [-0.2, -0.15) is 13.2 Å². The van der Waals surface area contributed by atoms with Crippen LogP contribution in [0.3, 0.4) is 0 Å². The van der Waals surface area contributed by atoms with Crippen LogP contribution in [0.4, 0.5) is 18.9 Å². The molecular formula is C14H18F3N3O2. The van der Waals surface area contributed by atoms with Crippen LogP contribution in [0.2, 0.25) is 0 Å². The molecule has 4 N–H and O–H groups in total. The Morgan fingerprint density at radius 1 is 1.41 bits per heavy atom. The van der Waals surface area contributed by atoms with Gasteiger partial charge in [0.05, 0.1) is 12.5 Å². The van der Waals surface area contributed by atoms with Crippen molar-refractivity contribution < 1.29 is 23.1 Å². The van der Waals surface area contributed by atoms with Gasteiger partial charge in [-0.3, -0.25) is 4.79 Å². The van der Waals surface area contributed by atoms with E-state index in [1.807, 2.05) is 0 Å². The average molecular weight is 317 g/mol. The molecule has 2 rings (SSSR count). The first-order valence-electron chi connectivity index (χ1n) is 6.88. The fourth-order valence-electron chi connectivity index (χ4n) is 2.44. The lowest BCUT2D eigenvalue weighted by Crippen LogP contribution is -2.59. The first-order valence-corrected chi connectivity index (χ1v) is 6.88. The number of anilines is 1. The predicted molar refractivity (Wildman–Crippen MR) is 75.1 cm³/mol. The number of nitrogens with two attached hydrogens (primary N) is 1. The number of nitrogens with one attached hydrogen (secondary N) is 1. The van der Waals surface area contributed by atoms with Crippen molar-refractivity contribution in [2.75, 3.05) is 32.0 Å². The SMILES string of the molecule is Nc1ccc(C(CO)C(=O)N2CCNC(C(F)(F)F)C2)cc1. The van der Waals surface area contributed by atoms with Crippen LogP contribution in [-0.2, 0) is 4.79 Å². The van der Waals surface area contributed by atoms with Gasteiger partial charge < -0.3 is 21.1 Å². The molecule has 0 spiro atoms. The Hall–Kier alpha value is -1.80. The maximum atomic E-state index is 12.8. The minimum Gasteiger partial charge on any atom is -0.399 e. The number of rotatable bonds is 3. The molecular weight excluding hydrogens is 299 g/mol. The lowest BCUT2D eigenvalue weighted by molar-refractivity contribution is -0.168. The molecule has 1 amide bonds. The minimum absolute atomic E-state index is 0.0653. The third kappa shape index (κ3) is 3.69. The largest absolute Gasteiger partial charge is 0.405 e. The van der Waals surface area contributed by atoms with Crippen LogP contribution >= 0.6 is 0 Å². The highest BCUT2D eigenvalue weighted by Gasteiger charge is 2.43. The molecule has 1 saturated heterocycles. The number of piperazine rings is 1. The number of carbonyl (C=O) groups excluding carboxylic acids is 1. The van der Waals surface area contributed by atoms with Crippen molar-refractivity contribution in [2.24, 2.45) is 0 Å². The lowest BCUT2D eigenvalue weighted by atomic mass is 9.97. The van der Waals surface area contributed by atoms with E-state index in [2.05, 4.69) is 5.32 Å². The Morgan fingerprint density at radius 2 is 2.05 bits per heavy atom. The van der Waals surface area contributed by atoms with Gasteiger partial charge in [0.15, 0.2) is 0 Å². The zero-order valence-electron chi connectivity index (χ0n) is 11.8. The summed E-state index contributed by atoms with van der Waals surface area (Å²) in [6, 6.07) is 4.62.